The van der Waals surface area contributed by atoms with Crippen LogP contribution in [0.15, 0.2) is 41.8 Å². The van der Waals surface area contributed by atoms with Crippen molar-refractivity contribution in [3.8, 4) is 0 Å². The monoisotopic (exact) mass is 371 g/mol. The number of benzene rings is 1. The lowest BCUT2D eigenvalue weighted by molar-refractivity contribution is -0.134. The zero-order valence-corrected chi connectivity index (χ0v) is 15.2. The maximum atomic E-state index is 12.3. The van der Waals surface area contributed by atoms with E-state index in [1.807, 2.05) is 11.4 Å². The van der Waals surface area contributed by atoms with Crippen molar-refractivity contribution in [1.29, 1.82) is 0 Å². The fourth-order valence-electron chi connectivity index (χ4n) is 2.85. The molecule has 0 saturated carbocycles. The van der Waals surface area contributed by atoms with Crippen LogP contribution in [0.5, 0.6) is 0 Å². The summed E-state index contributed by atoms with van der Waals surface area (Å²) in [6.07, 6.45) is 3.36. The molecule has 0 atom stereocenters. The molecular weight excluding hydrogens is 350 g/mol. The second-order valence-electron chi connectivity index (χ2n) is 6.19. The van der Waals surface area contributed by atoms with Crippen LogP contribution in [0.25, 0.3) is 0 Å². The number of thiophene rings is 1. The minimum atomic E-state index is -0.234. The molecule has 1 aromatic carbocycles. The van der Waals surface area contributed by atoms with E-state index in [1.54, 1.807) is 35.2 Å². The first kappa shape index (κ1) is 18.1. The van der Waals surface area contributed by atoms with E-state index in [0.717, 1.165) is 19.3 Å². The molecule has 0 spiro atoms. The third-order valence-electron chi connectivity index (χ3n) is 4.16. The van der Waals surface area contributed by atoms with Gasteiger partial charge in [0.05, 0.1) is 11.4 Å². The van der Waals surface area contributed by atoms with Crippen molar-refractivity contribution >= 4 is 40.4 Å². The zero-order valence-electron chi connectivity index (χ0n) is 14.4. The predicted octanol–water partition coefficient (Wildman–Crippen LogP) is 3.34. The number of likely N-dealkylation sites (tertiary alicyclic amines) is 1. The van der Waals surface area contributed by atoms with Gasteiger partial charge >= 0.3 is 0 Å². The Bertz CT molecular complexity index is 789. The summed E-state index contributed by atoms with van der Waals surface area (Å²) in [7, 11) is 0. The number of nitrogens with zero attached hydrogens (tertiary/aromatic N) is 1. The molecule has 2 N–H and O–H groups in total. The SMILES string of the molecule is O=C(CN1CCCCCC1=O)Nc1cccc(NC(=O)c2cccs2)c1. The molecule has 3 amide bonds. The van der Waals surface area contributed by atoms with Crippen LogP contribution >= 0.6 is 11.3 Å². The van der Waals surface area contributed by atoms with Gasteiger partial charge in [-0.05, 0) is 42.5 Å². The van der Waals surface area contributed by atoms with Crippen molar-refractivity contribution in [1.82, 2.24) is 4.90 Å². The van der Waals surface area contributed by atoms with Crippen LogP contribution < -0.4 is 10.6 Å². The van der Waals surface area contributed by atoms with E-state index in [4.69, 9.17) is 0 Å². The molecule has 2 aromatic rings. The number of carbonyl (C=O) groups is 3. The van der Waals surface area contributed by atoms with Crippen molar-refractivity contribution in [2.45, 2.75) is 25.7 Å². The van der Waals surface area contributed by atoms with Crippen molar-refractivity contribution in [2.75, 3.05) is 23.7 Å². The number of nitrogens with one attached hydrogen (secondary N) is 2. The third kappa shape index (κ3) is 4.92. The topological polar surface area (TPSA) is 78.5 Å². The van der Waals surface area contributed by atoms with Gasteiger partial charge in [0, 0.05) is 24.3 Å². The van der Waals surface area contributed by atoms with Crippen molar-refractivity contribution in [2.24, 2.45) is 0 Å². The van der Waals surface area contributed by atoms with Gasteiger partial charge in [0.25, 0.3) is 5.91 Å². The summed E-state index contributed by atoms with van der Waals surface area (Å²) in [6.45, 7) is 0.688. The van der Waals surface area contributed by atoms with Gasteiger partial charge in [-0.1, -0.05) is 18.6 Å². The first-order valence-corrected chi connectivity index (χ1v) is 9.52. The van der Waals surface area contributed by atoms with Gasteiger partial charge in [-0.2, -0.15) is 0 Å². The quantitative estimate of drug-likeness (QED) is 0.846. The van der Waals surface area contributed by atoms with Crippen molar-refractivity contribution < 1.29 is 14.4 Å². The summed E-state index contributed by atoms with van der Waals surface area (Å²) in [4.78, 5) is 38.6. The summed E-state index contributed by atoms with van der Waals surface area (Å²) in [5, 5.41) is 7.45. The normalized spacial score (nSPS) is 14.6. The van der Waals surface area contributed by atoms with Crippen LogP contribution in [0, 0.1) is 0 Å². The Morgan fingerprint density at radius 1 is 1.04 bits per heavy atom. The van der Waals surface area contributed by atoms with E-state index < -0.39 is 0 Å². The van der Waals surface area contributed by atoms with Crippen LogP contribution in [-0.4, -0.2) is 35.7 Å². The lowest BCUT2D eigenvalue weighted by atomic mass is 10.2. The van der Waals surface area contributed by atoms with Crippen LogP contribution in [0.4, 0.5) is 11.4 Å². The average molecular weight is 371 g/mol. The van der Waals surface area contributed by atoms with Gasteiger partial charge < -0.3 is 15.5 Å². The molecule has 3 rings (SSSR count). The van der Waals surface area contributed by atoms with Crippen molar-refractivity contribution in [3.63, 3.8) is 0 Å². The van der Waals surface area contributed by atoms with Crippen LogP contribution in [-0.2, 0) is 9.59 Å². The first-order chi connectivity index (χ1) is 12.6. The fourth-order valence-corrected chi connectivity index (χ4v) is 3.47. The molecular formula is C19H21N3O3S. The molecule has 6 nitrogen and oxygen atoms in total. The Morgan fingerprint density at radius 2 is 1.85 bits per heavy atom. The smallest absolute Gasteiger partial charge is 0.265 e. The zero-order chi connectivity index (χ0) is 18.4. The predicted molar refractivity (Wildman–Crippen MR) is 102 cm³/mol. The summed E-state index contributed by atoms with van der Waals surface area (Å²) in [5.74, 6) is -0.379. The Morgan fingerprint density at radius 3 is 2.62 bits per heavy atom. The molecule has 1 aliphatic heterocycles. The van der Waals surface area contributed by atoms with Crippen LogP contribution in [0.2, 0.25) is 0 Å². The lowest BCUT2D eigenvalue weighted by Gasteiger charge is -2.19. The average Bonchev–Trinajstić information content (AvgIpc) is 3.08. The lowest BCUT2D eigenvalue weighted by Crippen LogP contribution is -2.37. The van der Waals surface area contributed by atoms with Gasteiger partial charge in [0.1, 0.15) is 0 Å². The highest BCUT2D eigenvalue weighted by Crippen LogP contribution is 2.18. The first-order valence-electron chi connectivity index (χ1n) is 8.64. The maximum absolute atomic E-state index is 12.3. The number of hydrogen-bond donors (Lipinski definition) is 2. The largest absolute Gasteiger partial charge is 0.333 e. The molecule has 0 bridgehead atoms. The molecule has 1 fully saturated rings. The molecule has 0 radical (unpaired) electrons. The summed E-state index contributed by atoms with van der Waals surface area (Å²) in [6, 6.07) is 10.6. The molecule has 136 valence electrons. The second-order valence-corrected chi connectivity index (χ2v) is 7.13. The highest BCUT2D eigenvalue weighted by molar-refractivity contribution is 7.12. The Balaban J connectivity index is 1.58. The maximum Gasteiger partial charge on any atom is 0.265 e. The number of anilines is 2. The number of rotatable bonds is 5. The Kier molecular flexibility index (Phi) is 6.01. The summed E-state index contributed by atoms with van der Waals surface area (Å²) in [5.41, 5.74) is 1.19. The summed E-state index contributed by atoms with van der Waals surface area (Å²) >= 11 is 1.37. The van der Waals surface area contributed by atoms with Crippen molar-refractivity contribution in [3.05, 3.63) is 46.7 Å². The molecule has 1 saturated heterocycles. The Hall–Kier alpha value is -2.67. The molecule has 1 aliphatic rings. The number of amides is 3. The van der Waals surface area contributed by atoms with Gasteiger partial charge in [0.2, 0.25) is 11.8 Å². The van der Waals surface area contributed by atoms with E-state index in [0.29, 0.717) is 29.2 Å². The van der Waals surface area contributed by atoms with Crippen LogP contribution in [0.3, 0.4) is 0 Å². The van der Waals surface area contributed by atoms with E-state index in [9.17, 15) is 14.4 Å². The van der Waals surface area contributed by atoms with E-state index in [1.165, 1.54) is 11.3 Å². The van der Waals surface area contributed by atoms with E-state index in [-0.39, 0.29) is 24.3 Å². The standard InChI is InChI=1S/C19H21N3O3S/c23-17(13-22-10-3-1-2-9-18(22)24)20-14-6-4-7-15(12-14)21-19(25)16-8-5-11-26-16/h4-8,11-12H,1-3,9-10,13H2,(H,20,23)(H,21,25). The van der Waals surface area contributed by atoms with Gasteiger partial charge in [0.15, 0.2) is 0 Å². The molecule has 2 heterocycles. The molecule has 0 aliphatic carbocycles. The number of hydrogen-bond acceptors (Lipinski definition) is 4. The van der Waals surface area contributed by atoms with Gasteiger partial charge in [-0.25, -0.2) is 0 Å². The molecule has 0 unspecified atom stereocenters. The highest BCUT2D eigenvalue weighted by Gasteiger charge is 2.19. The fraction of sp³-hybridized carbons (Fsp3) is 0.316. The van der Waals surface area contributed by atoms with E-state index in [2.05, 4.69) is 10.6 Å². The van der Waals surface area contributed by atoms with Gasteiger partial charge in [-0.3, -0.25) is 14.4 Å². The van der Waals surface area contributed by atoms with E-state index >= 15 is 0 Å². The molecule has 7 heteroatoms. The number of carbonyl (C=O) groups excluding carboxylic acids is 3. The highest BCUT2D eigenvalue weighted by atomic mass is 32.1. The minimum absolute atomic E-state index is 0.0367. The molecule has 1 aromatic heterocycles. The Labute approximate surface area is 156 Å². The van der Waals surface area contributed by atoms with Gasteiger partial charge in [-0.15, -0.1) is 11.3 Å². The minimum Gasteiger partial charge on any atom is -0.333 e. The third-order valence-corrected chi connectivity index (χ3v) is 5.02. The summed E-state index contributed by atoms with van der Waals surface area (Å²) < 4.78 is 0. The van der Waals surface area contributed by atoms with Crippen LogP contribution in [0.1, 0.15) is 35.4 Å². The second kappa shape index (κ2) is 8.62. The molecule has 26 heavy (non-hydrogen) atoms.